The summed E-state index contributed by atoms with van der Waals surface area (Å²) in [5.41, 5.74) is 0. The molecule has 1 saturated carbocycles. The van der Waals surface area contributed by atoms with Crippen molar-refractivity contribution in [1.29, 1.82) is 0 Å². The van der Waals surface area contributed by atoms with Crippen LogP contribution in [0.1, 0.15) is 12.8 Å². The number of rotatable bonds is 1. The summed E-state index contributed by atoms with van der Waals surface area (Å²) in [6.45, 7) is 0. The number of hydrogen-bond donors (Lipinski definition) is 0. The van der Waals surface area contributed by atoms with E-state index in [1.54, 1.807) is 12.8 Å². The van der Waals surface area contributed by atoms with Crippen LogP contribution in [-0.4, -0.2) is 21.1 Å². The first-order valence-corrected chi connectivity index (χ1v) is 6.61. The zero-order chi connectivity index (χ0) is 3.70. The molecule has 0 bridgehead atoms. The van der Waals surface area contributed by atoms with Crippen LogP contribution in [0, 0.1) is 0 Å². The molecule has 0 aromatic heterocycles. The van der Waals surface area contributed by atoms with Gasteiger partial charge in [0.25, 0.3) is 0 Å². The van der Waals surface area contributed by atoms with Crippen LogP contribution in [0.25, 0.3) is 0 Å². The molecule has 0 nitrogen and oxygen atoms in total. The first-order valence-electron chi connectivity index (χ1n) is 2.11. The van der Waals surface area contributed by atoms with Crippen LogP contribution in [0.3, 0.4) is 0 Å². The Kier molecular flexibility index (Phi) is 1.19. The van der Waals surface area contributed by atoms with E-state index in [0.29, 0.717) is 0 Å². The van der Waals surface area contributed by atoms with Crippen LogP contribution in [0.5, 0.6) is 0 Å². The molecule has 1 aliphatic carbocycles. The molecule has 28 valence electrons. The van der Waals surface area contributed by atoms with Gasteiger partial charge in [-0.1, -0.05) is 0 Å². The van der Waals surface area contributed by atoms with E-state index in [-0.39, 0.29) is 21.1 Å². The van der Waals surface area contributed by atoms with Crippen molar-refractivity contribution in [1.82, 2.24) is 0 Å². The van der Waals surface area contributed by atoms with E-state index >= 15 is 0 Å². The van der Waals surface area contributed by atoms with Crippen molar-refractivity contribution in [2.24, 2.45) is 0 Å². The fourth-order valence-corrected chi connectivity index (χ4v) is 2.50. The summed E-state index contributed by atoms with van der Waals surface area (Å²) in [6.07, 6.45) is 3.17. The minimum absolute atomic E-state index is 0.246. The molecule has 0 aliphatic heterocycles. The molecule has 0 aromatic carbocycles. The van der Waals surface area contributed by atoms with Gasteiger partial charge in [-0.05, 0) is 0 Å². The molecule has 0 heterocycles. The topological polar surface area (TPSA) is 0 Å². The molecule has 0 amide bonds. The summed E-state index contributed by atoms with van der Waals surface area (Å²) < 4.78 is 1.30. The molecule has 1 fully saturated rings. The molecule has 0 saturated heterocycles. The van der Waals surface area contributed by atoms with Gasteiger partial charge in [0.15, 0.2) is 0 Å². The fraction of sp³-hybridized carbons (Fsp3) is 1.00. The van der Waals surface area contributed by atoms with Crippen molar-refractivity contribution in [3.63, 3.8) is 0 Å². The van der Waals surface area contributed by atoms with Crippen molar-refractivity contribution < 1.29 is 0 Å². The molecular formula is C4H8Sn. The summed E-state index contributed by atoms with van der Waals surface area (Å²) in [6, 6.07) is 0. The van der Waals surface area contributed by atoms with Gasteiger partial charge in [0.2, 0.25) is 0 Å². The normalized spacial score (nSPS) is 23.4. The second-order valence-corrected chi connectivity index (χ2v) is 5.54. The summed E-state index contributed by atoms with van der Waals surface area (Å²) in [7, 11) is 0. The second-order valence-electron chi connectivity index (χ2n) is 1.56. The molecule has 5 heavy (non-hydrogen) atoms. The van der Waals surface area contributed by atoms with Gasteiger partial charge in [0.1, 0.15) is 0 Å². The summed E-state index contributed by atoms with van der Waals surface area (Å²) in [5.74, 6) is 0. The van der Waals surface area contributed by atoms with Gasteiger partial charge in [0.05, 0.1) is 0 Å². The molecule has 2 radical (unpaired) electrons. The molecule has 0 spiro atoms. The van der Waals surface area contributed by atoms with Crippen LogP contribution < -0.4 is 0 Å². The molecule has 1 rings (SSSR count). The zero-order valence-corrected chi connectivity index (χ0v) is 6.35. The van der Waals surface area contributed by atoms with E-state index in [1.165, 1.54) is 3.93 Å². The second kappa shape index (κ2) is 1.50. The molecule has 0 N–H and O–H groups in total. The Morgan fingerprint density at radius 2 is 2.20 bits per heavy atom. The average Bonchev–Trinajstić information content (AvgIpc) is 2.12. The summed E-state index contributed by atoms with van der Waals surface area (Å²) in [4.78, 5) is 2.43. The molecule has 0 atom stereocenters. The van der Waals surface area contributed by atoms with Gasteiger partial charge in [-0.25, -0.2) is 0 Å². The molecule has 1 heteroatoms. The van der Waals surface area contributed by atoms with Crippen molar-refractivity contribution >= 4 is 21.1 Å². The first-order chi connectivity index (χ1) is 2.43. The van der Waals surface area contributed by atoms with E-state index in [4.69, 9.17) is 0 Å². The SMILES string of the molecule is [CH3][Sn][CH]1CC1. The Morgan fingerprint density at radius 1 is 1.60 bits per heavy atom. The van der Waals surface area contributed by atoms with Crippen molar-refractivity contribution in [3.05, 3.63) is 0 Å². The van der Waals surface area contributed by atoms with Gasteiger partial charge in [-0.3, -0.25) is 0 Å². The molecular weight excluding hydrogens is 167 g/mol. The third-order valence-corrected chi connectivity index (χ3v) is 4.96. The van der Waals surface area contributed by atoms with Crippen molar-refractivity contribution in [2.45, 2.75) is 21.7 Å². The van der Waals surface area contributed by atoms with E-state index < -0.39 is 0 Å². The van der Waals surface area contributed by atoms with Crippen LogP contribution in [0.2, 0.25) is 8.87 Å². The summed E-state index contributed by atoms with van der Waals surface area (Å²) in [5, 5.41) is 0. The van der Waals surface area contributed by atoms with Gasteiger partial charge < -0.3 is 0 Å². The van der Waals surface area contributed by atoms with Gasteiger partial charge >= 0.3 is 42.9 Å². The Bertz CT molecular complexity index is 30.6. The van der Waals surface area contributed by atoms with E-state index in [9.17, 15) is 0 Å². The minimum atomic E-state index is 0.246. The van der Waals surface area contributed by atoms with Crippen LogP contribution in [0.15, 0.2) is 0 Å². The molecule has 0 unspecified atom stereocenters. The standard InChI is InChI=1S/C3H5.CH3.Sn/c1-2-3-1;;/h1H,2-3H2;1H3;. The third kappa shape index (κ3) is 1.12. The summed E-state index contributed by atoms with van der Waals surface area (Å²) >= 11 is 0.246. The Morgan fingerprint density at radius 3 is 2.20 bits per heavy atom. The maximum atomic E-state index is 2.43. The first kappa shape index (κ1) is 3.97. The van der Waals surface area contributed by atoms with Crippen molar-refractivity contribution in [3.8, 4) is 0 Å². The van der Waals surface area contributed by atoms with E-state index in [0.717, 1.165) is 0 Å². The number of hydrogen-bond acceptors (Lipinski definition) is 0. The maximum absolute atomic E-state index is 2.43. The Balaban J connectivity index is 2.00. The van der Waals surface area contributed by atoms with Gasteiger partial charge in [-0.2, -0.15) is 0 Å². The quantitative estimate of drug-likeness (QED) is 0.527. The van der Waals surface area contributed by atoms with Gasteiger partial charge in [0, 0.05) is 0 Å². The van der Waals surface area contributed by atoms with E-state index in [2.05, 4.69) is 4.94 Å². The fourth-order valence-electron chi connectivity index (χ4n) is 0.372. The molecule has 0 aromatic rings. The Hall–Kier alpha value is 0.799. The van der Waals surface area contributed by atoms with Crippen molar-refractivity contribution in [2.75, 3.05) is 0 Å². The Labute approximate surface area is 43.2 Å². The van der Waals surface area contributed by atoms with E-state index in [1.807, 2.05) is 0 Å². The van der Waals surface area contributed by atoms with Gasteiger partial charge in [-0.15, -0.1) is 0 Å². The van der Waals surface area contributed by atoms with Crippen LogP contribution in [0.4, 0.5) is 0 Å². The predicted molar refractivity (Wildman–Crippen MR) is 24.6 cm³/mol. The zero-order valence-electron chi connectivity index (χ0n) is 3.49. The third-order valence-electron chi connectivity index (χ3n) is 0.986. The van der Waals surface area contributed by atoms with Crippen LogP contribution >= 0.6 is 0 Å². The predicted octanol–water partition coefficient (Wildman–Crippen LogP) is 1.32. The van der Waals surface area contributed by atoms with Crippen LogP contribution in [-0.2, 0) is 0 Å². The monoisotopic (exact) mass is 176 g/mol. The molecule has 1 aliphatic rings. The average molecular weight is 175 g/mol.